The number of piperidine rings is 1. The third kappa shape index (κ3) is 5.34. The number of hydrogen-bond acceptors (Lipinski definition) is 6. The highest BCUT2D eigenvalue weighted by atomic mass is 16.3. The highest BCUT2D eigenvalue weighted by molar-refractivity contribution is 6.06. The van der Waals surface area contributed by atoms with Crippen molar-refractivity contribution in [3.63, 3.8) is 0 Å². The molecule has 5 rings (SSSR count). The fraction of sp³-hybridized carbons (Fsp3) is 0.433. The summed E-state index contributed by atoms with van der Waals surface area (Å²) in [7, 11) is 0. The van der Waals surface area contributed by atoms with Crippen LogP contribution in [0.4, 0.5) is 11.4 Å². The number of amides is 3. The Kier molecular flexibility index (Phi) is 7.83. The zero-order valence-electron chi connectivity index (χ0n) is 22.2. The lowest BCUT2D eigenvalue weighted by atomic mass is 9.82. The zero-order valence-corrected chi connectivity index (χ0v) is 22.2. The lowest BCUT2D eigenvalue weighted by Gasteiger charge is -2.36. The molecule has 9 nitrogen and oxygen atoms in total. The molecule has 5 N–H and O–H groups in total. The lowest BCUT2D eigenvalue weighted by Crippen LogP contribution is -2.46. The van der Waals surface area contributed by atoms with E-state index in [0.29, 0.717) is 36.4 Å². The predicted octanol–water partition coefficient (Wildman–Crippen LogP) is 2.29. The van der Waals surface area contributed by atoms with Gasteiger partial charge in [0.15, 0.2) is 5.60 Å². The standard InChI is InChI=1S/C30H36N4O5/c1-19(6-4-10-27(36)34-17-22-8-3-2-7-20(22)14-24(34)18-35)30(39)25-15-23(11-12-26(25)33-29(30)38)32-28(37)21-9-5-13-31-16-21/h2-4,6-8,11-12,15,19,21,24,31,35,39H,5,9-10,13-14,16-18H2,1H3,(H,32,37)(H,33,38)/b6-4+/t19-,21?,24-,30+/m0/s1. The quantitative estimate of drug-likeness (QED) is 0.348. The van der Waals surface area contributed by atoms with Crippen molar-refractivity contribution in [3.05, 3.63) is 71.3 Å². The molecule has 1 fully saturated rings. The summed E-state index contributed by atoms with van der Waals surface area (Å²) in [4.78, 5) is 40.4. The monoisotopic (exact) mass is 532 g/mol. The van der Waals surface area contributed by atoms with Crippen LogP contribution in [0.2, 0.25) is 0 Å². The van der Waals surface area contributed by atoms with Crippen molar-refractivity contribution in [1.82, 2.24) is 10.2 Å². The van der Waals surface area contributed by atoms with E-state index < -0.39 is 17.4 Å². The number of carbonyl (C=O) groups excluding carboxylic acids is 3. The summed E-state index contributed by atoms with van der Waals surface area (Å²) in [5.74, 6) is -1.53. The normalized spacial score (nSPS) is 25.1. The second-order valence-corrected chi connectivity index (χ2v) is 10.8. The van der Waals surface area contributed by atoms with Crippen molar-refractivity contribution in [2.24, 2.45) is 11.8 Å². The van der Waals surface area contributed by atoms with E-state index in [0.717, 1.165) is 30.5 Å². The Hall–Kier alpha value is -3.53. The molecule has 0 aliphatic carbocycles. The van der Waals surface area contributed by atoms with Gasteiger partial charge in [-0.05, 0) is 55.1 Å². The van der Waals surface area contributed by atoms with Crippen LogP contribution in [0.3, 0.4) is 0 Å². The van der Waals surface area contributed by atoms with Crippen molar-refractivity contribution in [2.45, 2.75) is 50.8 Å². The highest BCUT2D eigenvalue weighted by Crippen LogP contribution is 2.43. The minimum absolute atomic E-state index is 0.0824. The fourth-order valence-corrected chi connectivity index (χ4v) is 5.83. The van der Waals surface area contributed by atoms with Gasteiger partial charge in [-0.2, -0.15) is 0 Å². The fourth-order valence-electron chi connectivity index (χ4n) is 5.83. The van der Waals surface area contributed by atoms with Gasteiger partial charge in [-0.1, -0.05) is 43.3 Å². The maximum atomic E-state index is 13.1. The molecule has 2 aromatic carbocycles. The third-order valence-electron chi connectivity index (χ3n) is 8.22. The van der Waals surface area contributed by atoms with Crippen molar-refractivity contribution in [3.8, 4) is 0 Å². The number of rotatable bonds is 7. The maximum absolute atomic E-state index is 13.1. The van der Waals surface area contributed by atoms with E-state index in [2.05, 4.69) is 16.0 Å². The van der Waals surface area contributed by atoms with E-state index in [1.54, 1.807) is 42.2 Å². The summed E-state index contributed by atoms with van der Waals surface area (Å²) >= 11 is 0. The maximum Gasteiger partial charge on any atom is 0.261 e. The summed E-state index contributed by atoms with van der Waals surface area (Å²) in [5.41, 5.74) is 1.77. The molecule has 1 unspecified atom stereocenters. The number of aliphatic hydroxyl groups excluding tert-OH is 1. The van der Waals surface area contributed by atoms with Crippen LogP contribution in [-0.4, -0.2) is 58.6 Å². The number of carbonyl (C=O) groups is 3. The van der Waals surface area contributed by atoms with Gasteiger partial charge < -0.3 is 31.1 Å². The summed E-state index contributed by atoms with van der Waals surface area (Å²) in [6.07, 6.45) is 5.80. The van der Waals surface area contributed by atoms with Crippen LogP contribution >= 0.6 is 0 Å². The van der Waals surface area contributed by atoms with Gasteiger partial charge in [0.1, 0.15) is 0 Å². The number of benzene rings is 2. The van der Waals surface area contributed by atoms with Crippen molar-refractivity contribution in [1.29, 1.82) is 0 Å². The molecule has 206 valence electrons. The first-order valence-corrected chi connectivity index (χ1v) is 13.6. The van der Waals surface area contributed by atoms with Crippen LogP contribution in [0.25, 0.3) is 0 Å². The molecular weight excluding hydrogens is 496 g/mol. The average Bonchev–Trinajstić information content (AvgIpc) is 3.22. The van der Waals surface area contributed by atoms with Crippen LogP contribution < -0.4 is 16.0 Å². The first-order valence-electron chi connectivity index (χ1n) is 13.6. The number of fused-ring (bicyclic) bond motifs is 2. The number of nitrogens with one attached hydrogen (secondary N) is 3. The molecule has 2 aromatic rings. The van der Waals surface area contributed by atoms with Crippen molar-refractivity contribution < 1.29 is 24.6 Å². The minimum atomic E-state index is -1.85. The Labute approximate surface area is 228 Å². The third-order valence-corrected chi connectivity index (χ3v) is 8.22. The highest BCUT2D eigenvalue weighted by Gasteiger charge is 2.48. The van der Waals surface area contributed by atoms with Crippen LogP contribution in [-0.2, 0) is 33.0 Å². The van der Waals surface area contributed by atoms with E-state index in [1.807, 2.05) is 24.3 Å². The molecule has 9 heteroatoms. The SMILES string of the molecule is C[C@@H](/C=C/CC(=O)N1Cc2ccccc2C[C@H]1CO)[C@]1(O)C(=O)Nc2ccc(NC(=O)C3CCCNC3)cc21. The Bertz CT molecular complexity index is 1290. The van der Waals surface area contributed by atoms with E-state index >= 15 is 0 Å². The van der Waals surface area contributed by atoms with Crippen LogP contribution in [0, 0.1) is 11.8 Å². The topological polar surface area (TPSA) is 131 Å². The second-order valence-electron chi connectivity index (χ2n) is 10.8. The van der Waals surface area contributed by atoms with Crippen LogP contribution in [0.15, 0.2) is 54.6 Å². The smallest absolute Gasteiger partial charge is 0.261 e. The van der Waals surface area contributed by atoms with Gasteiger partial charge in [0.2, 0.25) is 11.8 Å². The molecule has 39 heavy (non-hydrogen) atoms. The Morgan fingerprint density at radius 3 is 2.77 bits per heavy atom. The predicted molar refractivity (Wildman–Crippen MR) is 148 cm³/mol. The molecule has 0 radical (unpaired) electrons. The molecule has 0 saturated carbocycles. The number of aliphatic hydroxyl groups is 2. The molecule has 3 aliphatic heterocycles. The molecule has 0 aromatic heterocycles. The largest absolute Gasteiger partial charge is 0.394 e. The van der Waals surface area contributed by atoms with Gasteiger partial charge in [-0.15, -0.1) is 0 Å². The van der Waals surface area contributed by atoms with Gasteiger partial charge in [0.05, 0.1) is 18.6 Å². The van der Waals surface area contributed by atoms with Crippen molar-refractivity contribution >= 4 is 29.1 Å². The molecule has 3 aliphatic rings. The molecular formula is C30H36N4O5. The van der Waals surface area contributed by atoms with E-state index in [9.17, 15) is 24.6 Å². The van der Waals surface area contributed by atoms with Gasteiger partial charge in [0.25, 0.3) is 5.91 Å². The van der Waals surface area contributed by atoms with Gasteiger partial charge in [0, 0.05) is 42.4 Å². The molecule has 3 amide bonds. The molecule has 0 bridgehead atoms. The van der Waals surface area contributed by atoms with E-state index in [4.69, 9.17) is 0 Å². The summed E-state index contributed by atoms with van der Waals surface area (Å²) in [6.45, 7) is 3.59. The Morgan fingerprint density at radius 1 is 1.23 bits per heavy atom. The van der Waals surface area contributed by atoms with Crippen molar-refractivity contribution in [2.75, 3.05) is 30.3 Å². The van der Waals surface area contributed by atoms with Gasteiger partial charge in [-0.25, -0.2) is 0 Å². The number of hydrogen-bond donors (Lipinski definition) is 5. The lowest BCUT2D eigenvalue weighted by molar-refractivity contribution is -0.137. The first kappa shape index (κ1) is 27.1. The summed E-state index contributed by atoms with van der Waals surface area (Å²) < 4.78 is 0. The van der Waals surface area contributed by atoms with Gasteiger partial charge in [-0.3, -0.25) is 14.4 Å². The molecule has 4 atom stereocenters. The zero-order chi connectivity index (χ0) is 27.6. The van der Waals surface area contributed by atoms with Crippen LogP contribution in [0.5, 0.6) is 0 Å². The van der Waals surface area contributed by atoms with Crippen LogP contribution in [0.1, 0.15) is 42.9 Å². The summed E-state index contributed by atoms with van der Waals surface area (Å²) in [6, 6.07) is 12.7. The molecule has 3 heterocycles. The Balaban J connectivity index is 1.27. The van der Waals surface area contributed by atoms with Gasteiger partial charge >= 0.3 is 0 Å². The summed E-state index contributed by atoms with van der Waals surface area (Å²) in [5, 5.41) is 30.4. The molecule has 0 spiro atoms. The molecule has 1 saturated heterocycles. The van der Waals surface area contributed by atoms with E-state index in [1.165, 1.54) is 0 Å². The van der Waals surface area contributed by atoms with E-state index in [-0.39, 0.29) is 36.8 Å². The second kappa shape index (κ2) is 11.3. The minimum Gasteiger partial charge on any atom is -0.394 e. The number of nitrogens with zero attached hydrogens (tertiary/aromatic N) is 1. The average molecular weight is 533 g/mol. The number of anilines is 2. The first-order chi connectivity index (χ1) is 18.8. The Morgan fingerprint density at radius 2 is 2.03 bits per heavy atom.